The number of hydrogen-bond donors (Lipinski definition) is 2. The van der Waals surface area contributed by atoms with Crippen molar-refractivity contribution in [3.05, 3.63) is 108 Å². The average molecular weight is 636 g/mol. The summed E-state index contributed by atoms with van der Waals surface area (Å²) < 4.78 is 30.2. The molecular weight excluding hydrogens is 595 g/mol. The summed E-state index contributed by atoms with van der Waals surface area (Å²) in [5.41, 5.74) is 2.81. The standard InChI is InChI=1S/C34H39N2O8P/c37-32(36-24-12-19-29(36)33(38)39)31(20-10-11-23-35-34(40)42-25-27-15-6-2-7-16-27)44-45(41)43-30(28-17-8-3-9-18-28)22-21-26-13-4-1-5-14-26/h1-9,13-18,29-31H,10-12,19-25H2,(H-,35,38,39,40)/p+1/t29-,30?,31-/m0/s1. The minimum absolute atomic E-state index is 0.153. The summed E-state index contributed by atoms with van der Waals surface area (Å²) in [6.45, 7) is 0.736. The minimum atomic E-state index is -2.74. The van der Waals surface area contributed by atoms with Crippen LogP contribution in [-0.2, 0) is 41.0 Å². The van der Waals surface area contributed by atoms with E-state index in [4.69, 9.17) is 13.8 Å². The Kier molecular flexibility index (Phi) is 13.5. The average Bonchev–Trinajstić information content (AvgIpc) is 3.57. The summed E-state index contributed by atoms with van der Waals surface area (Å²) in [7, 11) is -2.74. The second-order valence-corrected chi connectivity index (χ2v) is 11.7. The van der Waals surface area contributed by atoms with Crippen molar-refractivity contribution in [2.24, 2.45) is 0 Å². The fourth-order valence-corrected chi connectivity index (χ4v) is 6.12. The molecule has 3 aromatic rings. The van der Waals surface area contributed by atoms with Gasteiger partial charge in [0.25, 0.3) is 5.91 Å². The maximum Gasteiger partial charge on any atom is 0.698 e. The number of aryl methyl sites for hydroxylation is 1. The van der Waals surface area contributed by atoms with Gasteiger partial charge < -0.3 is 20.1 Å². The highest BCUT2D eigenvalue weighted by Crippen LogP contribution is 2.38. The summed E-state index contributed by atoms with van der Waals surface area (Å²) in [4.78, 5) is 38.7. The smallest absolute Gasteiger partial charge is 0.480 e. The van der Waals surface area contributed by atoms with Gasteiger partial charge in [0, 0.05) is 17.7 Å². The molecule has 10 nitrogen and oxygen atoms in total. The molecule has 0 aromatic heterocycles. The number of carboxylic acids is 1. The van der Waals surface area contributed by atoms with Crippen LogP contribution in [-0.4, -0.2) is 53.2 Å². The Balaban J connectivity index is 1.34. The molecule has 2 amide bonds. The van der Waals surface area contributed by atoms with Crippen LogP contribution >= 0.6 is 8.25 Å². The number of likely N-dealkylation sites (tertiary alicyclic amines) is 1. The lowest BCUT2D eigenvalue weighted by Gasteiger charge is -2.24. The molecule has 238 valence electrons. The highest BCUT2D eigenvalue weighted by atomic mass is 31.1. The van der Waals surface area contributed by atoms with E-state index < -0.39 is 44.5 Å². The van der Waals surface area contributed by atoms with Crippen molar-refractivity contribution in [1.82, 2.24) is 10.2 Å². The zero-order valence-electron chi connectivity index (χ0n) is 25.2. The molecule has 1 fully saturated rings. The van der Waals surface area contributed by atoms with Crippen LogP contribution in [0.5, 0.6) is 0 Å². The number of carbonyl (C=O) groups is 3. The number of hydrogen-bond acceptors (Lipinski definition) is 7. The molecule has 0 aliphatic carbocycles. The van der Waals surface area contributed by atoms with Crippen LogP contribution in [0.25, 0.3) is 0 Å². The van der Waals surface area contributed by atoms with Crippen LogP contribution in [0.1, 0.15) is 61.3 Å². The number of unbranched alkanes of at least 4 members (excludes halogenated alkanes) is 1. The van der Waals surface area contributed by atoms with Gasteiger partial charge in [-0.2, -0.15) is 0 Å². The lowest BCUT2D eigenvalue weighted by molar-refractivity contribution is -0.151. The Morgan fingerprint density at radius 3 is 2.18 bits per heavy atom. The van der Waals surface area contributed by atoms with Gasteiger partial charge in [-0.1, -0.05) is 91.0 Å². The SMILES string of the molecule is O=C(NCCCC[C@H](O[P+](=O)OC(CCc1ccccc1)c1ccccc1)C(=O)N1CCC[C@H]1C(=O)O)OCc1ccccc1. The lowest BCUT2D eigenvalue weighted by Crippen LogP contribution is -2.45. The molecule has 2 N–H and O–H groups in total. The molecule has 1 heterocycles. The van der Waals surface area contributed by atoms with E-state index in [0.29, 0.717) is 45.1 Å². The van der Waals surface area contributed by atoms with E-state index >= 15 is 0 Å². The number of rotatable bonds is 17. The maximum absolute atomic E-state index is 13.5. The predicted molar refractivity (Wildman–Crippen MR) is 168 cm³/mol. The van der Waals surface area contributed by atoms with Gasteiger partial charge in [-0.3, -0.25) is 4.79 Å². The summed E-state index contributed by atoms with van der Waals surface area (Å²) in [6, 6.07) is 27.7. The van der Waals surface area contributed by atoms with Gasteiger partial charge in [-0.05, 0) is 61.6 Å². The topological polar surface area (TPSA) is 131 Å². The molecule has 0 spiro atoms. The molecule has 4 rings (SSSR count). The Bertz CT molecular complexity index is 1380. The van der Waals surface area contributed by atoms with Crippen molar-refractivity contribution >= 4 is 26.2 Å². The van der Waals surface area contributed by atoms with Crippen LogP contribution in [0.15, 0.2) is 91.0 Å². The fourth-order valence-electron chi connectivity index (χ4n) is 5.24. The van der Waals surface area contributed by atoms with Gasteiger partial charge in [0.1, 0.15) is 18.8 Å². The van der Waals surface area contributed by atoms with E-state index in [-0.39, 0.29) is 19.6 Å². The molecule has 0 radical (unpaired) electrons. The zero-order chi connectivity index (χ0) is 31.9. The largest absolute Gasteiger partial charge is 0.698 e. The van der Waals surface area contributed by atoms with Crippen LogP contribution in [0.4, 0.5) is 4.79 Å². The number of alkyl carbamates (subject to hydrolysis) is 1. The summed E-state index contributed by atoms with van der Waals surface area (Å²) in [6.07, 6.45) is 0.980. The predicted octanol–water partition coefficient (Wildman–Crippen LogP) is 6.59. The van der Waals surface area contributed by atoms with E-state index in [2.05, 4.69) is 5.32 Å². The van der Waals surface area contributed by atoms with Crippen molar-refractivity contribution < 1.29 is 37.8 Å². The third-order valence-electron chi connectivity index (χ3n) is 7.61. The van der Waals surface area contributed by atoms with Gasteiger partial charge in [0.15, 0.2) is 6.10 Å². The molecule has 0 bridgehead atoms. The Labute approximate surface area is 264 Å². The summed E-state index contributed by atoms with van der Waals surface area (Å²) >= 11 is 0. The molecule has 45 heavy (non-hydrogen) atoms. The molecule has 1 saturated heterocycles. The first-order valence-corrected chi connectivity index (χ1v) is 16.4. The van der Waals surface area contributed by atoms with Crippen LogP contribution < -0.4 is 5.32 Å². The second-order valence-electron chi connectivity index (χ2n) is 10.9. The fraction of sp³-hybridized carbons (Fsp3) is 0.382. The number of amides is 2. The normalized spacial score (nSPS) is 16.0. The number of carbonyl (C=O) groups excluding carboxylic acids is 2. The zero-order valence-corrected chi connectivity index (χ0v) is 26.1. The van der Waals surface area contributed by atoms with Gasteiger partial charge in [-0.15, -0.1) is 9.05 Å². The first kappa shape index (κ1) is 33.8. The first-order chi connectivity index (χ1) is 21.9. The van der Waals surface area contributed by atoms with E-state index in [1.54, 1.807) is 0 Å². The van der Waals surface area contributed by atoms with Crippen LogP contribution in [0, 0.1) is 0 Å². The number of nitrogens with one attached hydrogen (secondary N) is 1. The highest BCUT2D eigenvalue weighted by molar-refractivity contribution is 7.33. The van der Waals surface area contributed by atoms with E-state index in [1.165, 1.54) is 4.90 Å². The Morgan fingerprint density at radius 1 is 0.867 bits per heavy atom. The minimum Gasteiger partial charge on any atom is -0.480 e. The van der Waals surface area contributed by atoms with Gasteiger partial charge in [0.05, 0.1) is 0 Å². The van der Waals surface area contributed by atoms with Gasteiger partial charge >= 0.3 is 20.3 Å². The molecule has 4 atom stereocenters. The highest BCUT2D eigenvalue weighted by Gasteiger charge is 2.42. The molecule has 2 unspecified atom stereocenters. The van der Waals surface area contributed by atoms with Crippen molar-refractivity contribution in [1.29, 1.82) is 0 Å². The number of benzene rings is 3. The third-order valence-corrected chi connectivity index (χ3v) is 8.46. The summed E-state index contributed by atoms with van der Waals surface area (Å²) in [5, 5.41) is 12.3. The third kappa shape index (κ3) is 11.1. The van der Waals surface area contributed by atoms with Crippen molar-refractivity contribution in [2.45, 2.75) is 69.8 Å². The summed E-state index contributed by atoms with van der Waals surface area (Å²) in [5.74, 6) is -1.61. The quantitative estimate of drug-likeness (QED) is 0.125. The second kappa shape index (κ2) is 18.0. The van der Waals surface area contributed by atoms with Crippen molar-refractivity contribution in [3.63, 3.8) is 0 Å². The Morgan fingerprint density at radius 2 is 1.51 bits per heavy atom. The van der Waals surface area contributed by atoms with Crippen LogP contribution in [0.2, 0.25) is 0 Å². The molecule has 1 aliphatic heterocycles. The molecule has 3 aromatic carbocycles. The van der Waals surface area contributed by atoms with Gasteiger partial charge in [-0.25, -0.2) is 9.59 Å². The van der Waals surface area contributed by atoms with Crippen molar-refractivity contribution in [3.8, 4) is 0 Å². The lowest BCUT2D eigenvalue weighted by atomic mass is 10.0. The Hall–Kier alpha value is -4.11. The number of carboxylic acid groups (broad SMARTS) is 1. The maximum atomic E-state index is 13.5. The molecule has 11 heteroatoms. The molecular formula is C34H40N2O8P+. The van der Waals surface area contributed by atoms with E-state index in [9.17, 15) is 24.1 Å². The monoisotopic (exact) mass is 635 g/mol. The number of ether oxygens (including phenoxy) is 1. The first-order valence-electron chi connectivity index (χ1n) is 15.3. The van der Waals surface area contributed by atoms with Crippen molar-refractivity contribution in [2.75, 3.05) is 13.1 Å². The number of nitrogens with zero attached hydrogens (tertiary/aromatic N) is 1. The number of aliphatic carboxylic acids is 1. The van der Waals surface area contributed by atoms with E-state index in [0.717, 1.165) is 16.7 Å². The molecule has 0 saturated carbocycles. The van der Waals surface area contributed by atoms with E-state index in [1.807, 2.05) is 91.0 Å². The van der Waals surface area contributed by atoms with Crippen LogP contribution in [0.3, 0.4) is 0 Å². The van der Waals surface area contributed by atoms with Gasteiger partial charge in [0.2, 0.25) is 0 Å². The molecule has 1 aliphatic rings.